The summed E-state index contributed by atoms with van der Waals surface area (Å²) in [5.74, 6) is 7.18. The minimum Gasteiger partial charge on any atom is -0.394 e. The lowest BCUT2D eigenvalue weighted by Crippen LogP contribution is -2.36. The van der Waals surface area contributed by atoms with E-state index in [4.69, 9.17) is 5.84 Å². The number of hydrogen-bond acceptors (Lipinski definition) is 7. The molecule has 4 N–H and O–H groups in total. The second kappa shape index (κ2) is 4.92. The largest absolute Gasteiger partial charge is 0.394 e. The quantitative estimate of drug-likeness (QED) is 0.578. The molecule has 2 aromatic heterocycles. The van der Waals surface area contributed by atoms with E-state index in [9.17, 15) is 5.11 Å². The van der Waals surface area contributed by atoms with Crippen LogP contribution in [0, 0.1) is 5.92 Å². The molecule has 2 atom stereocenters. The number of hydrogen-bond donors (Lipinski definition) is 3. The van der Waals surface area contributed by atoms with Gasteiger partial charge in [-0.1, -0.05) is 6.92 Å². The predicted molar refractivity (Wildman–Crippen MR) is 77.2 cm³/mol. The Labute approximate surface area is 115 Å². The Morgan fingerprint density at radius 1 is 1.58 bits per heavy atom. The Balaban J connectivity index is 2.10. The predicted octanol–water partition coefficient (Wildman–Crippen LogP) is 1.18. The van der Waals surface area contributed by atoms with Crippen LogP contribution in [0.3, 0.4) is 0 Å². The topological polar surface area (TPSA) is 87.3 Å². The maximum Gasteiger partial charge on any atom is 0.240 e. The monoisotopic (exact) mass is 279 g/mol. The van der Waals surface area contributed by atoms with Gasteiger partial charge in [-0.05, 0) is 23.8 Å². The van der Waals surface area contributed by atoms with E-state index >= 15 is 0 Å². The fourth-order valence-corrected chi connectivity index (χ4v) is 3.43. The summed E-state index contributed by atoms with van der Waals surface area (Å²) in [6.45, 7) is 3.20. The number of nitrogens with two attached hydrogens (primary N) is 1. The van der Waals surface area contributed by atoms with E-state index in [1.54, 1.807) is 11.3 Å². The highest BCUT2D eigenvalue weighted by atomic mass is 32.1. The van der Waals surface area contributed by atoms with Gasteiger partial charge in [-0.2, -0.15) is 4.98 Å². The average molecular weight is 279 g/mol. The highest BCUT2D eigenvalue weighted by Gasteiger charge is 2.32. The number of nitrogen functional groups attached to an aromatic ring is 1. The first kappa shape index (κ1) is 12.6. The van der Waals surface area contributed by atoms with Crippen LogP contribution >= 0.6 is 11.3 Å². The zero-order chi connectivity index (χ0) is 13.4. The molecular formula is C12H17N5OS. The van der Waals surface area contributed by atoms with Gasteiger partial charge in [0.2, 0.25) is 5.95 Å². The third kappa shape index (κ3) is 2.03. The number of nitrogens with one attached hydrogen (secondary N) is 1. The van der Waals surface area contributed by atoms with E-state index in [1.807, 2.05) is 11.4 Å². The third-order valence-corrected chi connectivity index (χ3v) is 4.58. The van der Waals surface area contributed by atoms with Crippen molar-refractivity contribution in [3.63, 3.8) is 0 Å². The smallest absolute Gasteiger partial charge is 0.240 e. The second-order valence-corrected chi connectivity index (χ2v) is 5.76. The first-order chi connectivity index (χ1) is 9.24. The summed E-state index contributed by atoms with van der Waals surface area (Å²) < 4.78 is 0. The van der Waals surface area contributed by atoms with Gasteiger partial charge in [-0.15, -0.1) is 11.3 Å². The zero-order valence-corrected chi connectivity index (χ0v) is 11.5. The van der Waals surface area contributed by atoms with Gasteiger partial charge in [-0.3, -0.25) is 5.43 Å². The van der Waals surface area contributed by atoms with Gasteiger partial charge >= 0.3 is 0 Å². The van der Waals surface area contributed by atoms with Crippen LogP contribution in [0.2, 0.25) is 0 Å². The van der Waals surface area contributed by atoms with Crippen molar-refractivity contribution in [2.24, 2.45) is 11.8 Å². The molecule has 2 aromatic rings. The van der Waals surface area contributed by atoms with Crippen molar-refractivity contribution in [1.82, 2.24) is 9.97 Å². The minimum absolute atomic E-state index is 0.114. The number of anilines is 2. The van der Waals surface area contributed by atoms with Gasteiger partial charge in [0, 0.05) is 6.54 Å². The first-order valence-electron chi connectivity index (χ1n) is 6.34. The molecule has 3 rings (SSSR count). The number of aliphatic hydroxyl groups is 1. The lowest BCUT2D eigenvalue weighted by atomic mass is 10.0. The maximum absolute atomic E-state index is 9.59. The van der Waals surface area contributed by atoms with Crippen LogP contribution in [0.4, 0.5) is 11.8 Å². The lowest BCUT2D eigenvalue weighted by molar-refractivity contribution is 0.244. The van der Waals surface area contributed by atoms with Gasteiger partial charge in [0.05, 0.1) is 18.0 Å². The normalized spacial score (nSPS) is 23.2. The van der Waals surface area contributed by atoms with E-state index < -0.39 is 0 Å². The number of rotatable bonds is 3. The Bertz CT molecular complexity index is 587. The Hall–Kier alpha value is -1.44. The summed E-state index contributed by atoms with van der Waals surface area (Å²) in [4.78, 5) is 11.9. The summed E-state index contributed by atoms with van der Waals surface area (Å²) in [6.07, 6.45) is 1.06. The molecule has 0 spiro atoms. The van der Waals surface area contributed by atoms with E-state index in [0.717, 1.165) is 29.0 Å². The van der Waals surface area contributed by atoms with Gasteiger partial charge in [-0.25, -0.2) is 10.8 Å². The highest BCUT2D eigenvalue weighted by molar-refractivity contribution is 7.16. The van der Waals surface area contributed by atoms with Crippen molar-refractivity contribution in [1.29, 1.82) is 0 Å². The van der Waals surface area contributed by atoms with Crippen LogP contribution in [0.25, 0.3) is 10.2 Å². The minimum atomic E-state index is 0.114. The van der Waals surface area contributed by atoms with E-state index in [-0.39, 0.29) is 12.6 Å². The molecule has 1 aliphatic rings. The molecule has 7 heteroatoms. The SMILES string of the molecule is CC1CCN(c2nc(NN)nc3sccc23)C1CO. The molecule has 2 unspecified atom stereocenters. The van der Waals surface area contributed by atoms with Crippen molar-refractivity contribution in [2.45, 2.75) is 19.4 Å². The number of thiophene rings is 1. The molecule has 1 aliphatic heterocycles. The summed E-state index contributed by atoms with van der Waals surface area (Å²) in [6, 6.07) is 2.14. The zero-order valence-electron chi connectivity index (χ0n) is 10.7. The van der Waals surface area contributed by atoms with Crippen LogP contribution in [0.15, 0.2) is 11.4 Å². The number of hydrazine groups is 1. The maximum atomic E-state index is 9.59. The highest BCUT2D eigenvalue weighted by Crippen LogP contribution is 2.34. The molecule has 6 nitrogen and oxygen atoms in total. The Morgan fingerprint density at radius 3 is 3.16 bits per heavy atom. The van der Waals surface area contributed by atoms with Crippen molar-refractivity contribution in [3.8, 4) is 0 Å². The molecule has 1 saturated heterocycles. The molecule has 1 fully saturated rings. The number of fused-ring (bicyclic) bond motifs is 1. The van der Waals surface area contributed by atoms with Crippen LogP contribution in [-0.4, -0.2) is 34.3 Å². The van der Waals surface area contributed by atoms with Crippen molar-refractivity contribution < 1.29 is 5.11 Å². The number of aromatic nitrogens is 2. The van der Waals surface area contributed by atoms with Gasteiger partial charge < -0.3 is 10.0 Å². The van der Waals surface area contributed by atoms with Crippen LogP contribution < -0.4 is 16.2 Å². The van der Waals surface area contributed by atoms with E-state index in [1.165, 1.54) is 0 Å². The molecule has 0 bridgehead atoms. The fourth-order valence-electron chi connectivity index (χ4n) is 2.67. The molecular weight excluding hydrogens is 262 g/mol. The molecule has 0 aromatic carbocycles. The fraction of sp³-hybridized carbons (Fsp3) is 0.500. The number of nitrogens with zero attached hydrogens (tertiary/aromatic N) is 3. The Kier molecular flexibility index (Phi) is 3.26. The van der Waals surface area contributed by atoms with Gasteiger partial charge in [0.1, 0.15) is 10.6 Å². The van der Waals surface area contributed by atoms with Crippen molar-refractivity contribution in [2.75, 3.05) is 23.5 Å². The molecule has 0 amide bonds. The van der Waals surface area contributed by atoms with Crippen LogP contribution in [0.1, 0.15) is 13.3 Å². The van der Waals surface area contributed by atoms with Gasteiger partial charge in [0.15, 0.2) is 0 Å². The molecule has 0 radical (unpaired) electrons. The van der Waals surface area contributed by atoms with Gasteiger partial charge in [0.25, 0.3) is 0 Å². The standard InChI is InChI=1S/C12H17N5OS/c1-7-2-4-17(9(7)6-18)10-8-3-5-19-11(8)15-12(14-10)16-13/h3,5,7,9,18H,2,4,6,13H2,1H3,(H,14,15,16). The third-order valence-electron chi connectivity index (χ3n) is 3.78. The lowest BCUT2D eigenvalue weighted by Gasteiger charge is -2.27. The first-order valence-corrected chi connectivity index (χ1v) is 7.22. The van der Waals surface area contributed by atoms with E-state index in [0.29, 0.717) is 11.9 Å². The molecule has 19 heavy (non-hydrogen) atoms. The molecule has 102 valence electrons. The number of aliphatic hydroxyl groups excluding tert-OH is 1. The summed E-state index contributed by atoms with van der Waals surface area (Å²) in [5.41, 5.74) is 2.51. The summed E-state index contributed by atoms with van der Waals surface area (Å²) in [5, 5.41) is 12.6. The molecule has 0 aliphatic carbocycles. The Morgan fingerprint density at radius 2 is 2.42 bits per heavy atom. The van der Waals surface area contributed by atoms with Crippen molar-refractivity contribution >= 4 is 33.3 Å². The second-order valence-electron chi connectivity index (χ2n) is 4.86. The summed E-state index contributed by atoms with van der Waals surface area (Å²) >= 11 is 1.56. The summed E-state index contributed by atoms with van der Waals surface area (Å²) in [7, 11) is 0. The van der Waals surface area contributed by atoms with Crippen LogP contribution in [-0.2, 0) is 0 Å². The molecule has 0 saturated carbocycles. The average Bonchev–Trinajstić information content (AvgIpc) is 3.03. The molecule has 3 heterocycles. The van der Waals surface area contributed by atoms with E-state index in [2.05, 4.69) is 27.2 Å². The van der Waals surface area contributed by atoms with Crippen LogP contribution in [0.5, 0.6) is 0 Å². The van der Waals surface area contributed by atoms with Crippen molar-refractivity contribution in [3.05, 3.63) is 11.4 Å².